The van der Waals surface area contributed by atoms with Crippen molar-refractivity contribution >= 4 is 39.1 Å². The van der Waals surface area contributed by atoms with Crippen molar-refractivity contribution in [3.8, 4) is 0 Å². The lowest BCUT2D eigenvalue weighted by atomic mass is 9.95. The summed E-state index contributed by atoms with van der Waals surface area (Å²) in [5, 5.41) is 3.64. The van der Waals surface area contributed by atoms with E-state index < -0.39 is 28.5 Å². The van der Waals surface area contributed by atoms with Crippen LogP contribution in [0.2, 0.25) is 5.02 Å². The monoisotopic (exact) mass is 609 g/mol. The van der Waals surface area contributed by atoms with Crippen LogP contribution in [0.25, 0.3) is 0 Å². The van der Waals surface area contributed by atoms with Crippen LogP contribution >= 0.6 is 11.6 Å². The molecule has 1 atom stereocenters. The first-order valence-electron chi connectivity index (χ1n) is 14.6. The first kappa shape index (κ1) is 31.6. The van der Waals surface area contributed by atoms with E-state index in [0.717, 1.165) is 43.2 Å². The molecule has 0 heterocycles. The molecule has 0 radical (unpaired) electrons. The van der Waals surface area contributed by atoms with Crippen LogP contribution in [0.15, 0.2) is 77.7 Å². The maximum absolute atomic E-state index is 14.3. The number of aryl methyl sites for hydroxylation is 1. The smallest absolute Gasteiger partial charge is 0.264 e. The maximum Gasteiger partial charge on any atom is 0.264 e. The minimum atomic E-state index is -4.12. The van der Waals surface area contributed by atoms with E-state index in [9.17, 15) is 18.0 Å². The summed E-state index contributed by atoms with van der Waals surface area (Å²) in [6, 6.07) is 20.0. The fourth-order valence-corrected chi connectivity index (χ4v) is 7.20. The van der Waals surface area contributed by atoms with Crippen LogP contribution in [-0.2, 0) is 26.2 Å². The number of anilines is 1. The van der Waals surface area contributed by atoms with E-state index in [1.807, 2.05) is 39.0 Å². The summed E-state index contributed by atoms with van der Waals surface area (Å²) in [6.07, 6.45) is 5.47. The minimum absolute atomic E-state index is 0.0706. The lowest BCUT2D eigenvalue weighted by Crippen LogP contribution is -2.54. The Morgan fingerprint density at radius 1 is 0.929 bits per heavy atom. The first-order valence-corrected chi connectivity index (χ1v) is 16.4. The van der Waals surface area contributed by atoms with Crippen LogP contribution in [0.3, 0.4) is 0 Å². The van der Waals surface area contributed by atoms with Gasteiger partial charge in [-0.25, -0.2) is 8.42 Å². The number of sulfonamides is 1. The van der Waals surface area contributed by atoms with Crippen molar-refractivity contribution in [2.24, 2.45) is 0 Å². The molecule has 4 rings (SSSR count). The highest BCUT2D eigenvalue weighted by atomic mass is 35.5. The van der Waals surface area contributed by atoms with Crippen LogP contribution in [0.4, 0.5) is 5.69 Å². The van der Waals surface area contributed by atoms with Crippen LogP contribution in [0.1, 0.15) is 62.1 Å². The van der Waals surface area contributed by atoms with Crippen molar-refractivity contribution in [1.82, 2.24) is 10.2 Å². The molecule has 3 aromatic carbocycles. The zero-order valence-electron chi connectivity index (χ0n) is 24.6. The molecule has 224 valence electrons. The third-order valence-electron chi connectivity index (χ3n) is 8.09. The molecule has 0 bridgehead atoms. The van der Waals surface area contributed by atoms with E-state index in [2.05, 4.69) is 5.32 Å². The molecule has 1 saturated carbocycles. The van der Waals surface area contributed by atoms with Crippen LogP contribution in [0.5, 0.6) is 0 Å². The van der Waals surface area contributed by atoms with E-state index >= 15 is 0 Å². The SMILES string of the molecule is CCC(C(=O)NC1CCCCC1)N(Cc1ccccc1Cl)C(=O)CN(c1cccc(C)c1C)S(=O)(=O)c1ccccc1. The predicted octanol–water partition coefficient (Wildman–Crippen LogP) is 6.41. The van der Waals surface area contributed by atoms with Crippen molar-refractivity contribution < 1.29 is 18.0 Å². The largest absolute Gasteiger partial charge is 0.352 e. The van der Waals surface area contributed by atoms with Gasteiger partial charge in [0.2, 0.25) is 11.8 Å². The molecule has 0 saturated heterocycles. The number of hydrogen-bond donors (Lipinski definition) is 1. The van der Waals surface area contributed by atoms with Gasteiger partial charge in [0.25, 0.3) is 10.0 Å². The number of carbonyl (C=O) groups excluding carboxylic acids is 2. The van der Waals surface area contributed by atoms with Gasteiger partial charge in [-0.05, 0) is 74.1 Å². The molecular formula is C33H40ClN3O4S. The molecular weight excluding hydrogens is 570 g/mol. The predicted molar refractivity (Wildman–Crippen MR) is 168 cm³/mol. The molecule has 1 unspecified atom stereocenters. The molecule has 1 aliphatic carbocycles. The topological polar surface area (TPSA) is 86.8 Å². The first-order chi connectivity index (χ1) is 20.1. The zero-order valence-corrected chi connectivity index (χ0v) is 26.1. The normalized spacial score (nSPS) is 14.7. The highest BCUT2D eigenvalue weighted by Gasteiger charge is 2.35. The molecule has 1 N–H and O–H groups in total. The van der Waals surface area contributed by atoms with Crippen LogP contribution < -0.4 is 9.62 Å². The summed E-state index contributed by atoms with van der Waals surface area (Å²) in [4.78, 5) is 29.5. The fraction of sp³-hybridized carbons (Fsp3) is 0.394. The maximum atomic E-state index is 14.3. The van der Waals surface area contributed by atoms with Gasteiger partial charge in [-0.15, -0.1) is 0 Å². The number of amides is 2. The average molecular weight is 610 g/mol. The van der Waals surface area contributed by atoms with Gasteiger partial charge in [-0.3, -0.25) is 13.9 Å². The van der Waals surface area contributed by atoms with Crippen molar-refractivity contribution in [3.05, 3.63) is 94.5 Å². The van der Waals surface area contributed by atoms with E-state index in [0.29, 0.717) is 22.7 Å². The molecule has 3 aromatic rings. The number of benzene rings is 3. The summed E-state index contributed by atoms with van der Waals surface area (Å²) >= 11 is 6.50. The van der Waals surface area contributed by atoms with Gasteiger partial charge < -0.3 is 10.2 Å². The van der Waals surface area contributed by atoms with Gasteiger partial charge in [-0.2, -0.15) is 0 Å². The molecule has 1 aliphatic rings. The number of halogens is 1. The summed E-state index contributed by atoms with van der Waals surface area (Å²) in [5.74, 6) is -0.713. The fourth-order valence-electron chi connectivity index (χ4n) is 5.51. The molecule has 7 nitrogen and oxygen atoms in total. The van der Waals surface area contributed by atoms with Gasteiger partial charge in [0.1, 0.15) is 12.6 Å². The Hall–Kier alpha value is -3.36. The molecule has 42 heavy (non-hydrogen) atoms. The number of rotatable bonds is 11. The number of hydrogen-bond acceptors (Lipinski definition) is 4. The number of nitrogens with zero attached hydrogens (tertiary/aromatic N) is 2. The highest BCUT2D eigenvalue weighted by Crippen LogP contribution is 2.30. The minimum Gasteiger partial charge on any atom is -0.352 e. The Morgan fingerprint density at radius 3 is 2.26 bits per heavy atom. The van der Waals surface area contributed by atoms with Crippen LogP contribution in [-0.4, -0.2) is 43.8 Å². The van der Waals surface area contributed by atoms with E-state index in [1.165, 1.54) is 21.3 Å². The number of carbonyl (C=O) groups is 2. The lowest BCUT2D eigenvalue weighted by molar-refractivity contribution is -0.140. The van der Waals surface area contributed by atoms with E-state index in [4.69, 9.17) is 11.6 Å². The van der Waals surface area contributed by atoms with Gasteiger partial charge >= 0.3 is 0 Å². The summed E-state index contributed by atoms with van der Waals surface area (Å²) in [5.41, 5.74) is 2.76. The second-order valence-corrected chi connectivity index (χ2v) is 13.2. The Kier molecular flexibility index (Phi) is 10.7. The molecule has 0 aliphatic heterocycles. The molecule has 0 aromatic heterocycles. The van der Waals surface area contributed by atoms with Crippen molar-refractivity contribution in [2.75, 3.05) is 10.8 Å². The standard InChI is InChI=1S/C33H40ClN3O4S/c1-4-30(33(39)35-27-16-7-5-8-17-27)36(22-26-15-11-12-20-29(26)34)32(38)23-37(31-21-13-14-24(2)25(31)3)42(40,41)28-18-9-6-10-19-28/h6,9-15,18-21,27,30H,4-5,7-8,16-17,22-23H2,1-3H3,(H,35,39). The second kappa shape index (κ2) is 14.2. The van der Waals surface area contributed by atoms with Gasteiger partial charge in [0.15, 0.2) is 0 Å². The van der Waals surface area contributed by atoms with Gasteiger partial charge in [0.05, 0.1) is 10.6 Å². The third kappa shape index (κ3) is 7.34. The van der Waals surface area contributed by atoms with E-state index in [1.54, 1.807) is 42.5 Å². The molecule has 9 heteroatoms. The lowest BCUT2D eigenvalue weighted by Gasteiger charge is -2.35. The van der Waals surface area contributed by atoms with Crippen LogP contribution in [0, 0.1) is 13.8 Å². The highest BCUT2D eigenvalue weighted by molar-refractivity contribution is 7.92. The van der Waals surface area contributed by atoms with Gasteiger partial charge in [0, 0.05) is 17.6 Å². The van der Waals surface area contributed by atoms with Gasteiger partial charge in [-0.1, -0.05) is 86.3 Å². The number of nitrogens with one attached hydrogen (secondary N) is 1. The molecule has 1 fully saturated rings. The molecule has 0 spiro atoms. The quantitative estimate of drug-likeness (QED) is 0.272. The average Bonchev–Trinajstić information content (AvgIpc) is 2.99. The second-order valence-electron chi connectivity index (χ2n) is 10.9. The third-order valence-corrected chi connectivity index (χ3v) is 10.2. The molecule has 2 amide bonds. The summed E-state index contributed by atoms with van der Waals surface area (Å²) in [6.45, 7) is 5.21. The Labute approximate surface area is 254 Å². The summed E-state index contributed by atoms with van der Waals surface area (Å²) < 4.78 is 29.3. The Morgan fingerprint density at radius 2 is 1.60 bits per heavy atom. The Balaban J connectivity index is 1.74. The van der Waals surface area contributed by atoms with Crippen molar-refractivity contribution in [2.45, 2.75) is 82.8 Å². The van der Waals surface area contributed by atoms with E-state index in [-0.39, 0.29) is 23.4 Å². The summed E-state index contributed by atoms with van der Waals surface area (Å²) in [7, 11) is -4.12. The van der Waals surface area contributed by atoms with Crippen molar-refractivity contribution in [3.63, 3.8) is 0 Å². The Bertz CT molecular complexity index is 1490. The van der Waals surface area contributed by atoms with Crippen molar-refractivity contribution in [1.29, 1.82) is 0 Å². The zero-order chi connectivity index (χ0) is 30.3.